The second-order valence-corrected chi connectivity index (χ2v) is 6.20. The number of hydrogen-bond donors (Lipinski definition) is 1. The molecular formula is C13H21NO3S. The smallest absolute Gasteiger partial charge is 0.241 e. The van der Waals surface area contributed by atoms with Gasteiger partial charge in [0.2, 0.25) is 10.0 Å². The van der Waals surface area contributed by atoms with Gasteiger partial charge in [-0.05, 0) is 38.3 Å². The predicted molar refractivity (Wildman–Crippen MR) is 72.5 cm³/mol. The van der Waals surface area contributed by atoms with Gasteiger partial charge < -0.3 is 4.74 Å². The molecular weight excluding hydrogens is 250 g/mol. The van der Waals surface area contributed by atoms with Gasteiger partial charge in [-0.2, -0.15) is 0 Å². The van der Waals surface area contributed by atoms with Crippen molar-refractivity contribution in [1.82, 2.24) is 4.72 Å². The minimum absolute atomic E-state index is 0.0818. The van der Waals surface area contributed by atoms with Gasteiger partial charge in [-0.15, -0.1) is 0 Å². The zero-order valence-electron chi connectivity index (χ0n) is 11.6. The molecule has 0 saturated carbocycles. The van der Waals surface area contributed by atoms with Crippen LogP contribution in [0, 0.1) is 13.8 Å². The molecule has 1 rings (SSSR count). The lowest BCUT2D eigenvalue weighted by molar-refractivity contribution is 0.410. The zero-order valence-corrected chi connectivity index (χ0v) is 12.4. The molecule has 0 aliphatic rings. The van der Waals surface area contributed by atoms with E-state index in [1.807, 2.05) is 26.8 Å². The van der Waals surface area contributed by atoms with E-state index in [9.17, 15) is 8.42 Å². The fourth-order valence-corrected chi connectivity index (χ4v) is 3.30. The highest BCUT2D eigenvalue weighted by molar-refractivity contribution is 7.89. The molecule has 0 heterocycles. The van der Waals surface area contributed by atoms with Crippen molar-refractivity contribution >= 4 is 10.0 Å². The number of benzene rings is 1. The highest BCUT2D eigenvalue weighted by Crippen LogP contribution is 2.25. The highest BCUT2D eigenvalue weighted by atomic mass is 32.2. The van der Waals surface area contributed by atoms with E-state index >= 15 is 0 Å². The number of aryl methyl sites for hydroxylation is 2. The third kappa shape index (κ3) is 3.23. The van der Waals surface area contributed by atoms with Crippen molar-refractivity contribution in [3.05, 3.63) is 23.3 Å². The second kappa shape index (κ2) is 5.71. The molecule has 1 aromatic carbocycles. The van der Waals surface area contributed by atoms with Crippen LogP contribution in [0.1, 0.15) is 31.4 Å². The zero-order chi connectivity index (χ0) is 13.9. The Morgan fingerprint density at radius 2 is 1.89 bits per heavy atom. The molecule has 1 aromatic rings. The Morgan fingerprint density at radius 1 is 1.28 bits per heavy atom. The van der Waals surface area contributed by atoms with Gasteiger partial charge in [0, 0.05) is 12.1 Å². The molecule has 0 aromatic heterocycles. The molecule has 102 valence electrons. The van der Waals surface area contributed by atoms with Gasteiger partial charge in [-0.25, -0.2) is 13.1 Å². The van der Waals surface area contributed by atoms with Crippen LogP contribution in [0.3, 0.4) is 0 Å². The van der Waals surface area contributed by atoms with Gasteiger partial charge >= 0.3 is 0 Å². The van der Waals surface area contributed by atoms with Crippen LogP contribution in [-0.2, 0) is 10.0 Å². The first-order chi connectivity index (χ1) is 8.31. The third-order valence-corrected chi connectivity index (χ3v) is 4.68. The van der Waals surface area contributed by atoms with Crippen LogP contribution in [0.5, 0.6) is 5.75 Å². The van der Waals surface area contributed by atoms with E-state index in [1.54, 1.807) is 13.0 Å². The maximum Gasteiger partial charge on any atom is 0.241 e. The number of sulfonamides is 1. The van der Waals surface area contributed by atoms with Gasteiger partial charge in [-0.3, -0.25) is 0 Å². The van der Waals surface area contributed by atoms with Crippen LogP contribution >= 0.6 is 0 Å². The Labute approximate surface area is 109 Å². The van der Waals surface area contributed by atoms with E-state index in [4.69, 9.17) is 4.74 Å². The Bertz CT molecular complexity index is 523. The van der Waals surface area contributed by atoms with Crippen molar-refractivity contribution in [2.45, 2.75) is 45.1 Å². The van der Waals surface area contributed by atoms with Crippen LogP contribution in [0.25, 0.3) is 0 Å². The Kier molecular flexibility index (Phi) is 4.76. The summed E-state index contributed by atoms with van der Waals surface area (Å²) in [6, 6.07) is 3.32. The summed E-state index contributed by atoms with van der Waals surface area (Å²) in [6.07, 6.45) is 0.751. The van der Waals surface area contributed by atoms with Crippen LogP contribution in [-0.4, -0.2) is 21.6 Å². The minimum Gasteiger partial charge on any atom is -0.496 e. The van der Waals surface area contributed by atoms with Crippen molar-refractivity contribution in [1.29, 1.82) is 0 Å². The van der Waals surface area contributed by atoms with E-state index < -0.39 is 10.0 Å². The Hall–Kier alpha value is -1.07. The second-order valence-electron chi connectivity index (χ2n) is 4.52. The SMILES string of the molecule is CC[C@H](C)NS(=O)(=O)c1cc(OC)c(C)cc1C. The molecule has 0 spiro atoms. The molecule has 0 saturated heterocycles. The molecule has 0 unspecified atom stereocenters. The monoisotopic (exact) mass is 271 g/mol. The summed E-state index contributed by atoms with van der Waals surface area (Å²) in [5, 5.41) is 0. The summed E-state index contributed by atoms with van der Waals surface area (Å²) in [5.41, 5.74) is 1.65. The standard InChI is InChI=1S/C13H21NO3S/c1-6-11(4)14-18(15,16)13-8-12(17-5)9(2)7-10(13)3/h7-8,11,14H,6H2,1-5H3/t11-/m0/s1. The van der Waals surface area contributed by atoms with Crippen molar-refractivity contribution in [3.8, 4) is 5.75 Å². The number of nitrogens with one attached hydrogen (secondary N) is 1. The fraction of sp³-hybridized carbons (Fsp3) is 0.538. The summed E-state index contributed by atoms with van der Waals surface area (Å²) in [5.74, 6) is 0.588. The van der Waals surface area contributed by atoms with Crippen LogP contribution in [0.4, 0.5) is 0 Å². The van der Waals surface area contributed by atoms with Gasteiger partial charge in [0.25, 0.3) is 0 Å². The molecule has 0 radical (unpaired) electrons. The molecule has 18 heavy (non-hydrogen) atoms. The van der Waals surface area contributed by atoms with Gasteiger partial charge in [0.1, 0.15) is 5.75 Å². The van der Waals surface area contributed by atoms with E-state index in [1.165, 1.54) is 7.11 Å². The Morgan fingerprint density at radius 3 is 2.39 bits per heavy atom. The minimum atomic E-state index is -3.48. The summed E-state index contributed by atoms with van der Waals surface area (Å²) < 4.78 is 32.3. The van der Waals surface area contributed by atoms with E-state index in [0.717, 1.165) is 17.5 Å². The summed E-state index contributed by atoms with van der Waals surface area (Å²) in [4.78, 5) is 0.283. The predicted octanol–water partition coefficient (Wildman–Crippen LogP) is 2.39. The molecule has 1 N–H and O–H groups in total. The lowest BCUT2D eigenvalue weighted by Gasteiger charge is -2.15. The number of ether oxygens (including phenoxy) is 1. The number of methoxy groups -OCH3 is 1. The lowest BCUT2D eigenvalue weighted by Crippen LogP contribution is -2.32. The average molecular weight is 271 g/mol. The van der Waals surface area contributed by atoms with Crippen LogP contribution in [0.15, 0.2) is 17.0 Å². The largest absolute Gasteiger partial charge is 0.496 e. The number of rotatable bonds is 5. The fourth-order valence-electron chi connectivity index (χ4n) is 1.73. The maximum atomic E-state index is 12.2. The molecule has 4 nitrogen and oxygen atoms in total. The highest BCUT2D eigenvalue weighted by Gasteiger charge is 2.20. The lowest BCUT2D eigenvalue weighted by atomic mass is 10.1. The molecule has 0 fully saturated rings. The van der Waals surface area contributed by atoms with Gasteiger partial charge in [0.15, 0.2) is 0 Å². The summed E-state index contributed by atoms with van der Waals surface area (Å²) >= 11 is 0. The van der Waals surface area contributed by atoms with Crippen molar-refractivity contribution in [2.75, 3.05) is 7.11 Å². The first-order valence-corrected chi connectivity index (χ1v) is 7.47. The maximum absolute atomic E-state index is 12.2. The third-order valence-electron chi connectivity index (χ3n) is 2.95. The van der Waals surface area contributed by atoms with Crippen LogP contribution in [0.2, 0.25) is 0 Å². The summed E-state index contributed by atoms with van der Waals surface area (Å²) in [7, 11) is -1.94. The van der Waals surface area contributed by atoms with Crippen molar-refractivity contribution in [2.24, 2.45) is 0 Å². The molecule has 0 aliphatic heterocycles. The van der Waals surface area contributed by atoms with Crippen LogP contribution < -0.4 is 9.46 Å². The Balaban J connectivity index is 3.24. The molecule has 5 heteroatoms. The quantitative estimate of drug-likeness (QED) is 0.894. The van der Waals surface area contributed by atoms with Crippen molar-refractivity contribution < 1.29 is 13.2 Å². The topological polar surface area (TPSA) is 55.4 Å². The average Bonchev–Trinajstić information content (AvgIpc) is 2.28. The first-order valence-electron chi connectivity index (χ1n) is 5.99. The molecule has 0 amide bonds. The van der Waals surface area contributed by atoms with E-state index in [-0.39, 0.29) is 10.9 Å². The molecule has 0 aliphatic carbocycles. The van der Waals surface area contributed by atoms with Gasteiger partial charge in [-0.1, -0.05) is 13.0 Å². The van der Waals surface area contributed by atoms with E-state index in [0.29, 0.717) is 5.75 Å². The van der Waals surface area contributed by atoms with Gasteiger partial charge in [0.05, 0.1) is 12.0 Å². The summed E-state index contributed by atoms with van der Waals surface area (Å²) in [6.45, 7) is 7.47. The van der Waals surface area contributed by atoms with Crippen molar-refractivity contribution in [3.63, 3.8) is 0 Å². The molecule has 1 atom stereocenters. The van der Waals surface area contributed by atoms with E-state index in [2.05, 4.69) is 4.72 Å². The normalized spacial score (nSPS) is 13.4. The first kappa shape index (κ1) is 15.0. The number of hydrogen-bond acceptors (Lipinski definition) is 3. The molecule has 0 bridgehead atoms.